The van der Waals surface area contributed by atoms with Crippen LogP contribution in [-0.4, -0.2) is 39.3 Å². The third-order valence-electron chi connectivity index (χ3n) is 5.16. The number of benzene rings is 1. The number of aromatic nitrogens is 3. The number of carbonyl (C=O) groups excluding carboxylic acids is 2. The van der Waals surface area contributed by atoms with Crippen molar-refractivity contribution in [2.24, 2.45) is 0 Å². The van der Waals surface area contributed by atoms with Gasteiger partial charge in [-0.1, -0.05) is 12.1 Å². The van der Waals surface area contributed by atoms with Crippen LogP contribution >= 0.6 is 11.3 Å². The first-order chi connectivity index (χ1) is 14.5. The molecule has 2 amide bonds. The van der Waals surface area contributed by atoms with E-state index in [4.69, 9.17) is 4.74 Å². The number of alkyl carbamates (subject to hydrolysis) is 1. The number of hydrogen-bond donors (Lipinski definition) is 3. The van der Waals surface area contributed by atoms with E-state index >= 15 is 0 Å². The van der Waals surface area contributed by atoms with Crippen molar-refractivity contribution in [2.75, 3.05) is 5.32 Å². The molecule has 0 unspecified atom stereocenters. The lowest BCUT2D eigenvalue weighted by Crippen LogP contribution is -2.33. The molecule has 1 aliphatic carbocycles. The van der Waals surface area contributed by atoms with Crippen LogP contribution in [-0.2, 0) is 16.0 Å². The number of fused-ring (bicyclic) bond motifs is 1. The van der Waals surface area contributed by atoms with Crippen LogP contribution in [0.4, 0.5) is 10.6 Å². The van der Waals surface area contributed by atoms with E-state index < -0.39 is 0 Å². The summed E-state index contributed by atoms with van der Waals surface area (Å²) in [4.78, 5) is 28.6. The smallest absolute Gasteiger partial charge is 0.407 e. The molecule has 1 aliphatic rings. The maximum absolute atomic E-state index is 12.5. The molecule has 0 aliphatic heterocycles. The molecule has 0 bridgehead atoms. The van der Waals surface area contributed by atoms with E-state index in [0.717, 1.165) is 40.7 Å². The quantitative estimate of drug-likeness (QED) is 0.551. The Bertz CT molecular complexity index is 1040. The highest BCUT2D eigenvalue weighted by molar-refractivity contribution is 7.17. The molecular formula is C21H25N5O3S. The summed E-state index contributed by atoms with van der Waals surface area (Å²) in [5.74, 6) is 0.617. The average Bonchev–Trinajstić information content (AvgIpc) is 3.41. The number of rotatable bonds is 6. The molecule has 1 fully saturated rings. The Morgan fingerprint density at radius 2 is 2.20 bits per heavy atom. The standard InChI is InChI=1S/C21H25N5O3S/c1-12(2)23-21(28)29-15-7-6-13(8-15)17-10-18(26-25-17)24-19(27)9-14-4-3-5-16-20(14)30-11-22-16/h3-5,10-13,15H,6-9H2,1-2H3,(H,23,28)(H2,24,25,26,27)/t13-,15+/m0/s1. The van der Waals surface area contributed by atoms with Gasteiger partial charge in [-0.25, -0.2) is 9.78 Å². The lowest BCUT2D eigenvalue weighted by atomic mass is 10.0. The Hall–Kier alpha value is -2.94. The van der Waals surface area contributed by atoms with Crippen molar-refractivity contribution in [3.8, 4) is 0 Å². The number of carbonyl (C=O) groups is 2. The van der Waals surface area contributed by atoms with Crippen molar-refractivity contribution >= 4 is 39.4 Å². The second kappa shape index (κ2) is 8.83. The van der Waals surface area contributed by atoms with Crippen molar-refractivity contribution in [1.82, 2.24) is 20.5 Å². The van der Waals surface area contributed by atoms with Gasteiger partial charge in [0.2, 0.25) is 5.91 Å². The van der Waals surface area contributed by atoms with Crippen molar-refractivity contribution in [3.05, 3.63) is 41.0 Å². The molecule has 2 aromatic heterocycles. The first-order valence-electron chi connectivity index (χ1n) is 10.1. The van der Waals surface area contributed by atoms with Gasteiger partial charge < -0.3 is 15.4 Å². The third-order valence-corrected chi connectivity index (χ3v) is 6.08. The number of amides is 2. The molecule has 0 radical (unpaired) electrons. The van der Waals surface area contributed by atoms with Gasteiger partial charge in [0.25, 0.3) is 0 Å². The molecular weight excluding hydrogens is 402 g/mol. The predicted molar refractivity (Wildman–Crippen MR) is 116 cm³/mol. The number of hydrogen-bond acceptors (Lipinski definition) is 6. The zero-order chi connectivity index (χ0) is 21.1. The second-order valence-electron chi connectivity index (χ2n) is 7.89. The SMILES string of the molecule is CC(C)NC(=O)O[C@@H]1CC[C@H](c2cc(NC(=O)Cc3cccc4ncsc34)n[nH]2)C1. The van der Waals surface area contributed by atoms with E-state index in [0.29, 0.717) is 5.82 Å². The Labute approximate surface area is 178 Å². The highest BCUT2D eigenvalue weighted by atomic mass is 32.1. The van der Waals surface area contributed by atoms with Crippen molar-refractivity contribution in [3.63, 3.8) is 0 Å². The number of thiazole rings is 1. The van der Waals surface area contributed by atoms with Gasteiger partial charge in [-0.3, -0.25) is 9.89 Å². The zero-order valence-electron chi connectivity index (χ0n) is 17.0. The van der Waals surface area contributed by atoms with E-state index in [1.54, 1.807) is 5.51 Å². The summed E-state index contributed by atoms with van der Waals surface area (Å²) in [6.45, 7) is 3.80. The number of nitrogens with one attached hydrogen (secondary N) is 3. The number of aromatic amines is 1. The maximum atomic E-state index is 12.5. The summed E-state index contributed by atoms with van der Waals surface area (Å²) < 4.78 is 6.52. The minimum absolute atomic E-state index is 0.0524. The van der Waals surface area contributed by atoms with Crippen LogP contribution in [0.3, 0.4) is 0 Å². The minimum Gasteiger partial charge on any atom is -0.446 e. The summed E-state index contributed by atoms with van der Waals surface area (Å²) in [5, 5.41) is 12.9. The molecule has 9 heteroatoms. The number of H-pyrrole nitrogens is 1. The Morgan fingerprint density at radius 3 is 3.03 bits per heavy atom. The lowest BCUT2D eigenvalue weighted by Gasteiger charge is -2.14. The maximum Gasteiger partial charge on any atom is 0.407 e. The summed E-state index contributed by atoms with van der Waals surface area (Å²) in [5.41, 5.74) is 4.60. The van der Waals surface area contributed by atoms with E-state index in [9.17, 15) is 9.59 Å². The van der Waals surface area contributed by atoms with Gasteiger partial charge in [0.05, 0.1) is 22.1 Å². The highest BCUT2D eigenvalue weighted by Gasteiger charge is 2.30. The Balaban J connectivity index is 1.31. The van der Waals surface area contributed by atoms with Crippen molar-refractivity contribution in [1.29, 1.82) is 0 Å². The molecule has 1 aromatic carbocycles. The van der Waals surface area contributed by atoms with Crippen LogP contribution < -0.4 is 10.6 Å². The van der Waals surface area contributed by atoms with E-state index in [2.05, 4.69) is 25.8 Å². The lowest BCUT2D eigenvalue weighted by molar-refractivity contribution is -0.115. The number of ether oxygens (including phenoxy) is 1. The minimum atomic E-state index is -0.371. The number of nitrogens with zero attached hydrogens (tertiary/aromatic N) is 2. The molecule has 158 valence electrons. The fourth-order valence-corrected chi connectivity index (χ4v) is 4.61. The molecule has 2 atom stereocenters. The molecule has 1 saturated carbocycles. The molecule has 30 heavy (non-hydrogen) atoms. The first-order valence-corrected chi connectivity index (χ1v) is 11.0. The fraction of sp³-hybridized carbons (Fsp3) is 0.429. The Kier molecular flexibility index (Phi) is 5.98. The molecule has 8 nitrogen and oxygen atoms in total. The van der Waals surface area contributed by atoms with Crippen LogP contribution in [0.25, 0.3) is 10.2 Å². The molecule has 0 spiro atoms. The van der Waals surface area contributed by atoms with Gasteiger partial charge in [-0.15, -0.1) is 11.3 Å². The van der Waals surface area contributed by atoms with E-state index in [-0.39, 0.29) is 36.5 Å². The molecule has 0 saturated heterocycles. The van der Waals surface area contributed by atoms with Gasteiger partial charge >= 0.3 is 6.09 Å². The monoisotopic (exact) mass is 427 g/mol. The Morgan fingerprint density at radius 1 is 1.33 bits per heavy atom. The summed E-state index contributed by atoms with van der Waals surface area (Å²) in [6.07, 6.45) is 2.26. The molecule has 2 heterocycles. The largest absolute Gasteiger partial charge is 0.446 e. The van der Waals surface area contributed by atoms with Gasteiger partial charge in [0, 0.05) is 23.7 Å². The second-order valence-corrected chi connectivity index (χ2v) is 8.74. The summed E-state index contributed by atoms with van der Waals surface area (Å²) in [7, 11) is 0. The van der Waals surface area contributed by atoms with Gasteiger partial charge in [-0.2, -0.15) is 5.10 Å². The molecule has 3 N–H and O–H groups in total. The first kappa shape index (κ1) is 20.3. The van der Waals surface area contributed by atoms with Gasteiger partial charge in [-0.05, 0) is 44.7 Å². The molecule has 3 aromatic rings. The van der Waals surface area contributed by atoms with Crippen molar-refractivity contribution < 1.29 is 14.3 Å². The van der Waals surface area contributed by atoms with Gasteiger partial charge in [0.1, 0.15) is 6.10 Å². The van der Waals surface area contributed by atoms with Crippen molar-refractivity contribution in [2.45, 2.75) is 57.6 Å². The molecule has 4 rings (SSSR count). The van der Waals surface area contributed by atoms with Crippen LogP contribution in [0, 0.1) is 0 Å². The van der Waals surface area contributed by atoms with Crippen LogP contribution in [0.5, 0.6) is 0 Å². The summed E-state index contributed by atoms with van der Waals surface area (Å²) >= 11 is 1.54. The zero-order valence-corrected chi connectivity index (χ0v) is 17.8. The van der Waals surface area contributed by atoms with Crippen LogP contribution in [0.1, 0.15) is 50.3 Å². The van der Waals surface area contributed by atoms with Crippen LogP contribution in [0.15, 0.2) is 29.8 Å². The fourth-order valence-electron chi connectivity index (χ4n) is 3.80. The number of anilines is 1. The predicted octanol–water partition coefficient (Wildman–Crippen LogP) is 3.97. The normalized spacial score (nSPS) is 18.6. The topological polar surface area (TPSA) is 109 Å². The average molecular weight is 428 g/mol. The van der Waals surface area contributed by atoms with Gasteiger partial charge in [0.15, 0.2) is 5.82 Å². The van der Waals surface area contributed by atoms with E-state index in [1.165, 1.54) is 11.3 Å². The highest BCUT2D eigenvalue weighted by Crippen LogP contribution is 2.35. The van der Waals surface area contributed by atoms with E-state index in [1.807, 2.05) is 38.1 Å². The third kappa shape index (κ3) is 4.79. The summed E-state index contributed by atoms with van der Waals surface area (Å²) in [6, 6.07) is 7.73. The van der Waals surface area contributed by atoms with Crippen LogP contribution in [0.2, 0.25) is 0 Å².